The molecule has 7 N–H and O–H groups in total. The van der Waals surface area contributed by atoms with E-state index in [0.717, 1.165) is 0 Å². The standard InChI is InChI=1S/C17H24N6O6S.C2HF3O2/c1-23-10-15(20-11-23)30(26,27)22-14(16(24)25)9-12-3-5-13(6-4-12)28-7-2-8-29-21-17(18)19;3-2(4,5)1(6)7/h3-6,10-11,14,22H,2,7-9H2,1H3,(H,24,25)(H4,18,19,21);(H,6,7)/t14-;/m0./s1. The number of carboxylic acids is 2. The predicted molar refractivity (Wildman–Crippen MR) is 120 cm³/mol. The van der Waals surface area contributed by atoms with Crippen LogP contribution in [-0.4, -0.2) is 71.5 Å². The van der Waals surface area contributed by atoms with Crippen molar-refractivity contribution in [1.82, 2.24) is 19.8 Å². The average molecular weight is 555 g/mol. The van der Waals surface area contributed by atoms with Crippen molar-refractivity contribution in [2.24, 2.45) is 12.8 Å². The molecule has 0 radical (unpaired) electrons. The molecule has 206 valence electrons. The number of benzene rings is 1. The first-order valence-electron chi connectivity index (χ1n) is 10.1. The minimum Gasteiger partial charge on any atom is -0.494 e. The summed E-state index contributed by atoms with van der Waals surface area (Å²) in [6, 6.07) is 5.30. The number of imidazole rings is 1. The molecule has 0 aliphatic rings. The van der Waals surface area contributed by atoms with Gasteiger partial charge in [0.1, 0.15) is 11.8 Å². The van der Waals surface area contributed by atoms with Gasteiger partial charge >= 0.3 is 18.1 Å². The number of hydroxylamine groups is 1. The number of rotatable bonds is 12. The monoisotopic (exact) mass is 554 g/mol. The Morgan fingerprint density at radius 3 is 2.27 bits per heavy atom. The Labute approximate surface area is 208 Å². The van der Waals surface area contributed by atoms with Crippen LogP contribution < -0.4 is 20.7 Å². The zero-order valence-corrected chi connectivity index (χ0v) is 20.0. The summed E-state index contributed by atoms with van der Waals surface area (Å²) in [7, 11) is -2.45. The van der Waals surface area contributed by atoms with Crippen LogP contribution in [0, 0.1) is 5.41 Å². The number of aromatic nitrogens is 2. The van der Waals surface area contributed by atoms with Crippen LogP contribution in [0.5, 0.6) is 5.75 Å². The number of nitrogens with two attached hydrogens (primary N) is 1. The van der Waals surface area contributed by atoms with Gasteiger partial charge in [0.15, 0.2) is 5.03 Å². The minimum absolute atomic E-state index is 0.0494. The number of nitrogens with one attached hydrogen (secondary N) is 3. The van der Waals surface area contributed by atoms with E-state index >= 15 is 0 Å². The molecule has 0 saturated carbocycles. The Hall–Kier alpha value is -3.90. The predicted octanol–water partition coefficient (Wildman–Crippen LogP) is 0.211. The Morgan fingerprint density at radius 2 is 1.81 bits per heavy atom. The number of halogens is 3. The van der Waals surface area contributed by atoms with Gasteiger partial charge in [-0.3, -0.25) is 15.0 Å². The van der Waals surface area contributed by atoms with Gasteiger partial charge in [-0.05, 0) is 24.1 Å². The largest absolute Gasteiger partial charge is 0.494 e. The molecule has 1 atom stereocenters. The van der Waals surface area contributed by atoms with E-state index < -0.39 is 34.2 Å². The van der Waals surface area contributed by atoms with Gasteiger partial charge in [-0.15, -0.1) is 0 Å². The molecule has 0 unspecified atom stereocenters. The van der Waals surface area contributed by atoms with E-state index in [1.165, 1.54) is 17.1 Å². The number of sulfonamides is 1. The van der Waals surface area contributed by atoms with Gasteiger partial charge in [-0.25, -0.2) is 23.7 Å². The lowest BCUT2D eigenvalue weighted by molar-refractivity contribution is -0.192. The van der Waals surface area contributed by atoms with E-state index in [9.17, 15) is 31.5 Å². The fraction of sp³-hybridized carbons (Fsp3) is 0.368. The molecule has 0 aliphatic heterocycles. The first-order valence-corrected chi connectivity index (χ1v) is 11.6. The average Bonchev–Trinajstić information content (AvgIpc) is 3.23. The summed E-state index contributed by atoms with van der Waals surface area (Å²) in [6.45, 7) is 0.662. The van der Waals surface area contributed by atoms with Crippen LogP contribution in [0.15, 0.2) is 41.8 Å². The highest BCUT2D eigenvalue weighted by molar-refractivity contribution is 7.89. The van der Waals surface area contributed by atoms with Crippen LogP contribution in [-0.2, 0) is 37.9 Å². The third kappa shape index (κ3) is 12.1. The fourth-order valence-corrected chi connectivity index (χ4v) is 3.53. The molecule has 1 aromatic heterocycles. The van der Waals surface area contributed by atoms with Crippen LogP contribution in [0.1, 0.15) is 12.0 Å². The molecular formula is C19H25F3N6O8S. The lowest BCUT2D eigenvalue weighted by Gasteiger charge is -2.14. The van der Waals surface area contributed by atoms with Crippen molar-refractivity contribution in [3.05, 3.63) is 42.4 Å². The molecule has 1 heterocycles. The molecule has 37 heavy (non-hydrogen) atoms. The number of carboxylic acid groups (broad SMARTS) is 2. The molecule has 0 bridgehead atoms. The highest BCUT2D eigenvalue weighted by atomic mass is 32.2. The molecule has 14 nitrogen and oxygen atoms in total. The normalized spacial score (nSPS) is 12.1. The second-order valence-electron chi connectivity index (χ2n) is 7.11. The molecule has 0 spiro atoms. The number of aliphatic carboxylic acids is 2. The SMILES string of the molecule is Cn1cnc(S(=O)(=O)N[C@@H](Cc2ccc(OCCCONC(=N)N)cc2)C(=O)O)c1.O=C(O)C(F)(F)F. The number of alkyl halides is 3. The molecular weight excluding hydrogens is 529 g/mol. The van der Waals surface area contributed by atoms with E-state index in [-0.39, 0.29) is 17.4 Å². The number of hydrogen-bond donors (Lipinski definition) is 6. The van der Waals surface area contributed by atoms with E-state index in [1.54, 1.807) is 31.3 Å². The van der Waals surface area contributed by atoms with Gasteiger partial charge in [0, 0.05) is 19.7 Å². The Kier molecular flexibility index (Phi) is 11.8. The maximum atomic E-state index is 12.3. The van der Waals surface area contributed by atoms with Crippen LogP contribution in [0.3, 0.4) is 0 Å². The number of guanidine groups is 1. The Balaban J connectivity index is 0.000000856. The van der Waals surface area contributed by atoms with Gasteiger partial charge in [0.2, 0.25) is 5.96 Å². The summed E-state index contributed by atoms with van der Waals surface area (Å²) in [6.07, 6.45) is -1.98. The highest BCUT2D eigenvalue weighted by Crippen LogP contribution is 2.15. The van der Waals surface area contributed by atoms with Gasteiger partial charge < -0.3 is 25.3 Å². The van der Waals surface area contributed by atoms with Crippen molar-refractivity contribution in [1.29, 1.82) is 5.41 Å². The summed E-state index contributed by atoms with van der Waals surface area (Å²) in [5.74, 6) is -3.77. The van der Waals surface area contributed by atoms with Crippen LogP contribution in [0.4, 0.5) is 13.2 Å². The van der Waals surface area contributed by atoms with Crippen molar-refractivity contribution >= 4 is 27.9 Å². The quantitative estimate of drug-likeness (QED) is 0.0901. The maximum absolute atomic E-state index is 12.3. The van der Waals surface area contributed by atoms with Gasteiger partial charge in [0.25, 0.3) is 10.0 Å². The van der Waals surface area contributed by atoms with Crippen molar-refractivity contribution in [2.45, 2.75) is 30.1 Å². The van der Waals surface area contributed by atoms with Gasteiger partial charge in [-0.2, -0.15) is 17.9 Å². The van der Waals surface area contributed by atoms with Crippen LogP contribution >= 0.6 is 0 Å². The van der Waals surface area contributed by atoms with E-state index in [0.29, 0.717) is 30.9 Å². The molecule has 0 fully saturated rings. The number of nitrogens with zero attached hydrogens (tertiary/aromatic N) is 2. The third-order valence-corrected chi connectivity index (χ3v) is 5.36. The smallest absolute Gasteiger partial charge is 0.490 e. The number of hydrogen-bond acceptors (Lipinski definition) is 8. The number of ether oxygens (including phenoxy) is 1. The molecule has 2 rings (SSSR count). The lowest BCUT2D eigenvalue weighted by Crippen LogP contribution is -2.42. The van der Waals surface area contributed by atoms with Crippen molar-refractivity contribution in [3.63, 3.8) is 0 Å². The van der Waals surface area contributed by atoms with E-state index in [2.05, 4.69) is 15.2 Å². The minimum atomic E-state index is -5.08. The second-order valence-corrected chi connectivity index (χ2v) is 8.77. The zero-order chi connectivity index (χ0) is 28.2. The summed E-state index contributed by atoms with van der Waals surface area (Å²) in [5, 5.41) is 23.2. The first-order chi connectivity index (χ1) is 17.1. The fourth-order valence-electron chi connectivity index (χ4n) is 2.36. The van der Waals surface area contributed by atoms with Gasteiger partial charge in [0.05, 0.1) is 19.5 Å². The molecule has 0 saturated heterocycles. The Morgan fingerprint density at radius 1 is 1.22 bits per heavy atom. The summed E-state index contributed by atoms with van der Waals surface area (Å²) >= 11 is 0. The summed E-state index contributed by atoms with van der Waals surface area (Å²) in [4.78, 5) is 29.1. The molecule has 1 aromatic carbocycles. The highest BCUT2D eigenvalue weighted by Gasteiger charge is 2.38. The Bertz CT molecular complexity index is 1160. The van der Waals surface area contributed by atoms with E-state index in [4.69, 9.17) is 30.6 Å². The van der Waals surface area contributed by atoms with E-state index in [1.807, 2.05) is 0 Å². The molecule has 2 aromatic rings. The van der Waals surface area contributed by atoms with Crippen molar-refractivity contribution in [2.75, 3.05) is 13.2 Å². The zero-order valence-electron chi connectivity index (χ0n) is 19.2. The van der Waals surface area contributed by atoms with Crippen LogP contribution in [0.2, 0.25) is 0 Å². The number of aryl methyl sites for hydroxylation is 1. The second kappa shape index (κ2) is 14.0. The topological polar surface area (TPSA) is 219 Å². The molecule has 0 amide bonds. The summed E-state index contributed by atoms with van der Waals surface area (Å²) in [5.41, 5.74) is 7.90. The number of carbonyl (C=O) groups is 2. The lowest BCUT2D eigenvalue weighted by atomic mass is 10.1. The van der Waals surface area contributed by atoms with Crippen molar-refractivity contribution < 1.29 is 51.0 Å². The molecule has 0 aliphatic carbocycles. The first kappa shape index (κ1) is 31.1. The van der Waals surface area contributed by atoms with Crippen molar-refractivity contribution in [3.8, 4) is 5.75 Å². The van der Waals surface area contributed by atoms with Gasteiger partial charge in [-0.1, -0.05) is 12.1 Å². The maximum Gasteiger partial charge on any atom is 0.490 e. The molecule has 18 heteroatoms. The summed E-state index contributed by atoms with van der Waals surface area (Å²) < 4.78 is 65.6. The van der Waals surface area contributed by atoms with Crippen LogP contribution in [0.25, 0.3) is 0 Å². The third-order valence-electron chi connectivity index (χ3n) is 4.00.